The van der Waals surface area contributed by atoms with Crippen LogP contribution in [0.1, 0.15) is 45.7 Å². The fourth-order valence-electron chi connectivity index (χ4n) is 2.34. The minimum absolute atomic E-state index is 0.0870. The van der Waals surface area contributed by atoms with Crippen LogP contribution in [-0.4, -0.2) is 4.40 Å². The number of hydrogen-bond acceptors (Lipinski definition) is 1. The van der Waals surface area contributed by atoms with Gasteiger partial charge in [-0.2, -0.15) is 0 Å². The summed E-state index contributed by atoms with van der Waals surface area (Å²) in [6.07, 6.45) is 0. The molecule has 0 aliphatic carbocycles. The molecule has 0 N–H and O–H groups in total. The van der Waals surface area contributed by atoms with Crippen LogP contribution in [0.4, 0.5) is 5.69 Å². The normalized spacial score (nSPS) is 11.7. The van der Waals surface area contributed by atoms with Gasteiger partial charge in [-0.25, -0.2) is 0 Å². The van der Waals surface area contributed by atoms with E-state index in [1.807, 2.05) is 0 Å². The van der Waals surface area contributed by atoms with Gasteiger partial charge in [0, 0.05) is 0 Å². The van der Waals surface area contributed by atoms with Crippen molar-refractivity contribution in [2.75, 3.05) is 0 Å². The van der Waals surface area contributed by atoms with Gasteiger partial charge in [0.25, 0.3) is 0 Å². The van der Waals surface area contributed by atoms with Gasteiger partial charge in [-0.1, -0.05) is 0 Å². The van der Waals surface area contributed by atoms with Crippen LogP contribution in [0, 0.1) is 0 Å². The molecule has 0 spiro atoms. The summed E-state index contributed by atoms with van der Waals surface area (Å²) in [4.78, 5) is 0. The van der Waals surface area contributed by atoms with Crippen LogP contribution >= 0.6 is 0 Å². The van der Waals surface area contributed by atoms with E-state index < -0.39 is 17.9 Å². The third-order valence-electron chi connectivity index (χ3n) is 3.73. The molecular weight excluding hydrogens is 350 g/mol. The molecule has 2 aromatic rings. The number of hydrogen-bond donors (Lipinski definition) is 0. The Balaban J connectivity index is 2.33. The second kappa shape index (κ2) is 6.92. The fourth-order valence-corrected chi connectivity index (χ4v) is 4.12. The van der Waals surface area contributed by atoms with E-state index in [0.29, 0.717) is 0 Å². The average molecular weight is 375 g/mol. The van der Waals surface area contributed by atoms with Crippen molar-refractivity contribution in [2.45, 2.75) is 45.4 Å². The molecule has 0 atom stereocenters. The van der Waals surface area contributed by atoms with Gasteiger partial charge in [0.1, 0.15) is 0 Å². The molecule has 0 aliphatic rings. The molecule has 0 aromatic heterocycles. The molecule has 0 unspecified atom stereocenters. The Kier molecular flexibility index (Phi) is 5.40. The van der Waals surface area contributed by atoms with E-state index in [0.717, 1.165) is 5.69 Å². The molecule has 0 saturated heterocycles. The summed E-state index contributed by atoms with van der Waals surface area (Å²) in [5, 5.41) is 0. The van der Waals surface area contributed by atoms with Crippen LogP contribution < -0.4 is 0 Å². The van der Waals surface area contributed by atoms with Crippen molar-refractivity contribution in [3.63, 3.8) is 0 Å². The molecule has 0 heterocycles. The topological polar surface area (TPSA) is 12.4 Å². The summed E-state index contributed by atoms with van der Waals surface area (Å²) >= 11 is -0.528. The first-order valence-electron chi connectivity index (χ1n) is 7.67. The zero-order valence-electron chi connectivity index (χ0n) is 14.1. The third-order valence-corrected chi connectivity index (χ3v) is 6.18. The fraction of sp³-hybridized carbons (Fsp3) is 0.350. The maximum absolute atomic E-state index is 4.96. The Morgan fingerprint density at radius 1 is 0.818 bits per heavy atom. The molecule has 0 aliphatic heterocycles. The predicted octanol–water partition coefficient (Wildman–Crippen LogP) is 5.66. The van der Waals surface area contributed by atoms with Crippen molar-refractivity contribution < 1.29 is 17.9 Å². The van der Waals surface area contributed by atoms with E-state index in [4.69, 9.17) is 3.50 Å². The Bertz CT molecular complexity index is 687. The molecule has 0 fully saturated rings. The van der Waals surface area contributed by atoms with E-state index in [1.54, 1.807) is 0 Å². The van der Waals surface area contributed by atoms with E-state index in [1.165, 1.54) is 11.1 Å². The van der Waals surface area contributed by atoms with Gasteiger partial charge >= 0.3 is 143 Å². The number of nitrogens with zero attached hydrogens (tertiary/aromatic N) is 1. The zero-order valence-corrected chi connectivity index (χ0v) is 16.1. The van der Waals surface area contributed by atoms with Gasteiger partial charge in [-0.05, 0) is 0 Å². The molecule has 0 amide bonds. The van der Waals surface area contributed by atoms with Crippen molar-refractivity contribution in [3.05, 3.63) is 65.7 Å². The Labute approximate surface area is 142 Å². The second-order valence-corrected chi connectivity index (χ2v) is 8.72. The van der Waals surface area contributed by atoms with Gasteiger partial charge in [0.15, 0.2) is 0 Å². The quantitative estimate of drug-likeness (QED) is 0.614. The van der Waals surface area contributed by atoms with Gasteiger partial charge in [-0.15, -0.1) is 0 Å². The Morgan fingerprint density at radius 2 is 1.41 bits per heavy atom. The van der Waals surface area contributed by atoms with Crippen LogP contribution in [0.15, 0.2) is 58.1 Å². The molecular formula is C20H25MoN+2. The summed E-state index contributed by atoms with van der Waals surface area (Å²) in [5.41, 5.74) is 4.09. The van der Waals surface area contributed by atoms with Gasteiger partial charge in [0.2, 0.25) is 0 Å². The van der Waals surface area contributed by atoms with Gasteiger partial charge < -0.3 is 0 Å². The predicted molar refractivity (Wildman–Crippen MR) is 92.8 cm³/mol. The molecule has 0 radical (unpaired) electrons. The van der Waals surface area contributed by atoms with E-state index in [9.17, 15) is 0 Å². The summed E-state index contributed by atoms with van der Waals surface area (Å²) < 4.78 is 7.38. The van der Waals surface area contributed by atoms with E-state index in [2.05, 4.69) is 93.6 Å². The molecule has 2 rings (SSSR count). The van der Waals surface area contributed by atoms with Crippen LogP contribution in [0.25, 0.3) is 0 Å². The van der Waals surface area contributed by atoms with Gasteiger partial charge in [0.05, 0.1) is 0 Å². The van der Waals surface area contributed by atoms with E-state index in [-0.39, 0.29) is 10.8 Å². The monoisotopic (exact) mass is 377 g/mol. The summed E-state index contributed by atoms with van der Waals surface area (Å²) in [5.74, 6) is 0. The van der Waals surface area contributed by atoms with Crippen molar-refractivity contribution in [2.24, 2.45) is 3.50 Å². The molecule has 2 heteroatoms. The van der Waals surface area contributed by atoms with Crippen LogP contribution in [0.3, 0.4) is 0 Å². The molecule has 2 aromatic carbocycles. The molecule has 0 bridgehead atoms. The first-order chi connectivity index (χ1) is 10.3. The average Bonchev–Trinajstić information content (AvgIpc) is 2.47. The number of benzene rings is 2. The van der Waals surface area contributed by atoms with Gasteiger partial charge in [-0.3, -0.25) is 0 Å². The van der Waals surface area contributed by atoms with Crippen molar-refractivity contribution in [3.8, 4) is 0 Å². The Hall–Kier alpha value is -1.20. The number of rotatable bonds is 3. The van der Waals surface area contributed by atoms with E-state index >= 15 is 0 Å². The molecule has 22 heavy (non-hydrogen) atoms. The summed E-state index contributed by atoms with van der Waals surface area (Å²) in [6, 6.07) is 19.2. The van der Waals surface area contributed by atoms with Crippen molar-refractivity contribution in [1.29, 1.82) is 0 Å². The third kappa shape index (κ3) is 4.40. The maximum atomic E-state index is 4.96. The summed E-state index contributed by atoms with van der Waals surface area (Å²) in [6.45, 7) is 11.3. The first-order valence-corrected chi connectivity index (χ1v) is 9.72. The minimum atomic E-state index is -0.528. The standard InChI is InChI=1S/C10H13N.C10H12.Mo/c1-10(2,3)8-6-4-5-7-9(8)11;1-10(2,3)9-7-5-4-6-8-9;/h4-7H,1-3H3;1,4-8H,2-3H3;/q;;+2. The molecule has 1 nitrogen and oxygen atoms in total. The molecule has 114 valence electrons. The SMILES string of the molecule is CC(C)(C)c1ccccc1[N]=[Mo+2]=[CH]C(C)(C)c1ccccc1. The Morgan fingerprint density at radius 3 is 2.05 bits per heavy atom. The van der Waals surface area contributed by atoms with Crippen molar-refractivity contribution in [1.82, 2.24) is 0 Å². The van der Waals surface area contributed by atoms with Crippen LogP contribution in [0.5, 0.6) is 0 Å². The van der Waals surface area contributed by atoms with Crippen LogP contribution in [0.2, 0.25) is 0 Å². The first kappa shape index (κ1) is 17.2. The van der Waals surface area contributed by atoms with Crippen LogP contribution in [-0.2, 0) is 28.7 Å². The van der Waals surface area contributed by atoms with Crippen molar-refractivity contribution >= 4 is 10.1 Å². The second-order valence-electron chi connectivity index (χ2n) is 7.17. The zero-order chi connectivity index (χ0) is 16.2. The summed E-state index contributed by atoms with van der Waals surface area (Å²) in [7, 11) is 0. The molecule has 0 saturated carbocycles.